The highest BCUT2D eigenvalue weighted by atomic mass is 16.6. The minimum absolute atomic E-state index is 0.152. The monoisotopic (exact) mass is 302 g/mol. The first kappa shape index (κ1) is 15.5. The Bertz CT molecular complexity index is 553. The van der Waals surface area contributed by atoms with Gasteiger partial charge in [0.15, 0.2) is 0 Å². The van der Waals surface area contributed by atoms with Gasteiger partial charge in [-0.3, -0.25) is 0 Å². The van der Waals surface area contributed by atoms with Gasteiger partial charge in [0.1, 0.15) is 6.10 Å². The van der Waals surface area contributed by atoms with Gasteiger partial charge < -0.3 is 9.47 Å². The van der Waals surface area contributed by atoms with Crippen molar-refractivity contribution >= 4 is 5.97 Å². The summed E-state index contributed by atoms with van der Waals surface area (Å²) in [6.45, 7) is 6.21. The van der Waals surface area contributed by atoms with Gasteiger partial charge in [-0.15, -0.1) is 0 Å². The van der Waals surface area contributed by atoms with Crippen molar-refractivity contribution in [2.45, 2.75) is 77.6 Å². The third kappa shape index (κ3) is 3.52. The van der Waals surface area contributed by atoms with E-state index >= 15 is 0 Å². The molecule has 0 N–H and O–H groups in total. The Kier molecular flexibility index (Phi) is 4.53. The number of fused-ring (bicyclic) bond motifs is 2. The molecule has 2 aliphatic heterocycles. The second kappa shape index (κ2) is 6.41. The lowest BCUT2D eigenvalue weighted by Gasteiger charge is -2.13. The van der Waals surface area contributed by atoms with Crippen molar-refractivity contribution in [3.05, 3.63) is 34.4 Å². The molecule has 0 aromatic heterocycles. The molecule has 1 fully saturated rings. The van der Waals surface area contributed by atoms with Gasteiger partial charge in [0.05, 0.1) is 12.2 Å². The number of ether oxygens (including phenoxy) is 2. The summed E-state index contributed by atoms with van der Waals surface area (Å²) in [7, 11) is 0. The molecule has 0 aromatic rings. The third-order valence-electron chi connectivity index (χ3n) is 5.04. The normalized spacial score (nSPS) is 35.6. The number of hydrogen-bond acceptors (Lipinski definition) is 3. The molecule has 3 heteroatoms. The van der Waals surface area contributed by atoms with E-state index in [-0.39, 0.29) is 12.1 Å². The van der Waals surface area contributed by atoms with Crippen molar-refractivity contribution in [2.24, 2.45) is 0 Å². The maximum absolute atomic E-state index is 11.9. The largest absolute Gasteiger partial charge is 0.450 e. The molecule has 2 heterocycles. The number of hydrogen-bond donors (Lipinski definition) is 0. The number of rotatable bonds is 0. The Labute approximate surface area is 133 Å². The third-order valence-corrected chi connectivity index (χ3v) is 5.04. The van der Waals surface area contributed by atoms with Gasteiger partial charge >= 0.3 is 5.97 Å². The first-order chi connectivity index (χ1) is 10.5. The van der Waals surface area contributed by atoms with E-state index in [0.717, 1.165) is 49.7 Å². The van der Waals surface area contributed by atoms with Crippen molar-refractivity contribution in [3.63, 3.8) is 0 Å². The molecule has 3 nitrogen and oxygen atoms in total. The predicted molar refractivity (Wildman–Crippen MR) is 86.5 cm³/mol. The maximum atomic E-state index is 11.9. The van der Waals surface area contributed by atoms with E-state index in [0.29, 0.717) is 12.2 Å². The van der Waals surface area contributed by atoms with Crippen LogP contribution in [0.25, 0.3) is 0 Å². The van der Waals surface area contributed by atoms with E-state index in [1.807, 2.05) is 6.92 Å². The van der Waals surface area contributed by atoms with Gasteiger partial charge in [0.2, 0.25) is 0 Å². The molecule has 1 aliphatic carbocycles. The molecule has 0 saturated carbocycles. The number of carbonyl (C=O) groups is 1. The topological polar surface area (TPSA) is 38.8 Å². The second-order valence-corrected chi connectivity index (χ2v) is 6.87. The minimum atomic E-state index is -0.154. The lowest BCUT2D eigenvalue weighted by Crippen LogP contribution is -2.10. The smallest absolute Gasteiger partial charge is 0.334 e. The highest BCUT2D eigenvalue weighted by Crippen LogP contribution is 2.34. The number of carbonyl (C=O) groups excluding carboxylic acids is 1. The van der Waals surface area contributed by atoms with E-state index in [1.54, 1.807) is 0 Å². The summed E-state index contributed by atoms with van der Waals surface area (Å²) < 4.78 is 11.3. The van der Waals surface area contributed by atoms with Crippen molar-refractivity contribution in [1.29, 1.82) is 0 Å². The Morgan fingerprint density at radius 3 is 2.59 bits per heavy atom. The average molecular weight is 302 g/mol. The lowest BCUT2D eigenvalue weighted by molar-refractivity contribution is -0.138. The second-order valence-electron chi connectivity index (χ2n) is 6.87. The van der Waals surface area contributed by atoms with Crippen LogP contribution in [0.2, 0.25) is 0 Å². The van der Waals surface area contributed by atoms with Crippen molar-refractivity contribution in [2.75, 3.05) is 0 Å². The van der Waals surface area contributed by atoms with E-state index in [4.69, 9.17) is 9.47 Å². The number of allylic oxidation sites excluding steroid dienone is 3. The van der Waals surface area contributed by atoms with Crippen molar-refractivity contribution in [3.8, 4) is 0 Å². The fraction of sp³-hybridized carbons (Fsp3) is 0.632. The standard InChI is InChI=1S/C19H26O3/c1-12-5-4-6-16-17(21-16)10-8-13(2)11-18-15(9-7-12)14(3)19(20)22-18/h5,11,16-18H,4,6-10H2,1-3H3/b12-5?,13-11+/t16-,17?,18+/m1/s1. The first-order valence-corrected chi connectivity index (χ1v) is 8.43. The molecule has 22 heavy (non-hydrogen) atoms. The molecule has 1 unspecified atom stereocenters. The summed E-state index contributed by atoms with van der Waals surface area (Å²) in [5.74, 6) is -0.152. The molecule has 0 bridgehead atoms. The van der Waals surface area contributed by atoms with E-state index in [1.165, 1.54) is 11.1 Å². The highest BCUT2D eigenvalue weighted by Gasteiger charge is 2.37. The summed E-state index contributed by atoms with van der Waals surface area (Å²) in [4.78, 5) is 11.9. The van der Waals surface area contributed by atoms with Crippen LogP contribution < -0.4 is 0 Å². The van der Waals surface area contributed by atoms with Gasteiger partial charge in [0, 0.05) is 5.57 Å². The molecule has 0 radical (unpaired) electrons. The van der Waals surface area contributed by atoms with Gasteiger partial charge in [-0.05, 0) is 70.9 Å². The fourth-order valence-electron chi connectivity index (χ4n) is 3.41. The molecule has 3 atom stereocenters. The van der Waals surface area contributed by atoms with Crippen LogP contribution in [-0.2, 0) is 14.3 Å². The molecule has 3 aliphatic rings. The first-order valence-electron chi connectivity index (χ1n) is 8.43. The van der Waals surface area contributed by atoms with Crippen molar-refractivity contribution < 1.29 is 14.3 Å². The van der Waals surface area contributed by atoms with Crippen LogP contribution in [0.4, 0.5) is 0 Å². The Morgan fingerprint density at radius 1 is 1.00 bits per heavy atom. The van der Waals surface area contributed by atoms with Crippen molar-refractivity contribution in [1.82, 2.24) is 0 Å². The predicted octanol–water partition coefficient (Wildman–Crippen LogP) is 4.24. The van der Waals surface area contributed by atoms with Crippen LogP contribution in [0, 0.1) is 0 Å². The van der Waals surface area contributed by atoms with Crippen LogP contribution in [-0.4, -0.2) is 24.3 Å². The summed E-state index contributed by atoms with van der Waals surface area (Å²) in [5, 5.41) is 0. The SMILES string of the molecule is CC1=CCC[C@H]2OC2CC/C(C)=C/[C@@H]2OC(=O)C(C)=C2CC1. The molecule has 0 aromatic carbocycles. The minimum Gasteiger partial charge on any atom is -0.450 e. The number of esters is 1. The van der Waals surface area contributed by atoms with E-state index in [9.17, 15) is 4.79 Å². The molecule has 0 amide bonds. The average Bonchev–Trinajstić information content (AvgIpc) is 3.16. The zero-order valence-electron chi connectivity index (χ0n) is 13.9. The van der Waals surface area contributed by atoms with E-state index in [2.05, 4.69) is 26.0 Å². The maximum Gasteiger partial charge on any atom is 0.334 e. The number of epoxide rings is 1. The van der Waals surface area contributed by atoms with E-state index < -0.39 is 0 Å². The Balaban J connectivity index is 1.79. The summed E-state index contributed by atoms with van der Waals surface area (Å²) >= 11 is 0. The quantitative estimate of drug-likeness (QED) is 0.381. The summed E-state index contributed by atoms with van der Waals surface area (Å²) in [6, 6.07) is 0. The van der Waals surface area contributed by atoms with Gasteiger partial charge in [-0.2, -0.15) is 0 Å². The van der Waals surface area contributed by atoms with Crippen LogP contribution >= 0.6 is 0 Å². The highest BCUT2D eigenvalue weighted by molar-refractivity contribution is 5.92. The van der Waals surface area contributed by atoms with Gasteiger partial charge in [0.25, 0.3) is 0 Å². The molecular weight excluding hydrogens is 276 g/mol. The fourth-order valence-corrected chi connectivity index (χ4v) is 3.41. The van der Waals surface area contributed by atoms with Crippen LogP contribution in [0.5, 0.6) is 0 Å². The Hall–Kier alpha value is -1.35. The van der Waals surface area contributed by atoms with Crippen LogP contribution in [0.15, 0.2) is 34.4 Å². The van der Waals surface area contributed by atoms with Crippen LogP contribution in [0.1, 0.15) is 59.3 Å². The molecular formula is C19H26O3. The zero-order chi connectivity index (χ0) is 15.7. The molecule has 0 spiro atoms. The summed E-state index contributed by atoms with van der Waals surface area (Å²) in [6.07, 6.45) is 11.4. The Morgan fingerprint density at radius 2 is 1.77 bits per heavy atom. The van der Waals surface area contributed by atoms with Crippen LogP contribution in [0.3, 0.4) is 0 Å². The van der Waals surface area contributed by atoms with Gasteiger partial charge in [-0.1, -0.05) is 17.2 Å². The molecule has 1 saturated heterocycles. The molecule has 3 rings (SSSR count). The molecule has 120 valence electrons. The van der Waals surface area contributed by atoms with Gasteiger partial charge in [-0.25, -0.2) is 4.79 Å². The zero-order valence-corrected chi connectivity index (χ0v) is 13.9. The lowest BCUT2D eigenvalue weighted by atomic mass is 9.95. The summed E-state index contributed by atoms with van der Waals surface area (Å²) in [5.41, 5.74) is 4.66.